The maximum Gasteiger partial charge on any atom is 0.138 e. The van der Waals surface area contributed by atoms with E-state index >= 15 is 0 Å². The molecule has 0 spiro atoms. The average molecular weight is 342 g/mol. The van der Waals surface area contributed by atoms with Crippen molar-refractivity contribution in [1.82, 2.24) is 4.98 Å². The molecular formula is C20H30N4O. The summed E-state index contributed by atoms with van der Waals surface area (Å²) in [6, 6.07) is 8.33. The Labute approximate surface area is 150 Å². The second kappa shape index (κ2) is 8.39. The first-order valence-electron chi connectivity index (χ1n) is 9.50. The van der Waals surface area contributed by atoms with Crippen LogP contribution in [0.3, 0.4) is 0 Å². The zero-order valence-corrected chi connectivity index (χ0v) is 15.5. The number of nitrogen functional groups attached to an aromatic ring is 1. The van der Waals surface area contributed by atoms with E-state index in [9.17, 15) is 0 Å². The molecule has 0 bridgehead atoms. The highest BCUT2D eigenvalue weighted by molar-refractivity contribution is 5.96. The summed E-state index contributed by atoms with van der Waals surface area (Å²) in [4.78, 5) is 9.84. The third-order valence-corrected chi connectivity index (χ3v) is 4.73. The van der Waals surface area contributed by atoms with Crippen LogP contribution >= 0.6 is 0 Å². The number of pyridine rings is 1. The lowest BCUT2D eigenvalue weighted by Crippen LogP contribution is -2.37. The standard InChI is InChI=1S/C20H30N4O/c1-3-5-9-24(8-4-2)20-18-7-6-17(21)14-16(18)15-19(22-20)23-10-12-25-13-11-23/h6-7,14-15H,3-5,8-13,21H2,1-2H3. The quantitative estimate of drug-likeness (QED) is 0.778. The summed E-state index contributed by atoms with van der Waals surface area (Å²) in [7, 11) is 0. The lowest BCUT2D eigenvalue weighted by molar-refractivity contribution is 0.122. The van der Waals surface area contributed by atoms with Crippen molar-refractivity contribution < 1.29 is 4.74 Å². The van der Waals surface area contributed by atoms with Crippen LogP contribution < -0.4 is 15.5 Å². The van der Waals surface area contributed by atoms with Gasteiger partial charge in [0.2, 0.25) is 0 Å². The Hall–Kier alpha value is -2.01. The van der Waals surface area contributed by atoms with Crippen LogP contribution in [-0.2, 0) is 4.74 Å². The summed E-state index contributed by atoms with van der Waals surface area (Å²) in [5.41, 5.74) is 6.85. The molecule has 1 fully saturated rings. The van der Waals surface area contributed by atoms with Crippen LogP contribution in [0, 0.1) is 0 Å². The summed E-state index contributed by atoms with van der Waals surface area (Å²) >= 11 is 0. The minimum Gasteiger partial charge on any atom is -0.399 e. The van der Waals surface area contributed by atoms with Crippen molar-refractivity contribution in [3.05, 3.63) is 24.3 Å². The molecule has 0 atom stereocenters. The molecule has 3 rings (SSSR count). The van der Waals surface area contributed by atoms with Gasteiger partial charge in [-0.2, -0.15) is 0 Å². The first kappa shape index (κ1) is 17.8. The second-order valence-electron chi connectivity index (χ2n) is 6.72. The van der Waals surface area contributed by atoms with Gasteiger partial charge in [-0.15, -0.1) is 0 Å². The van der Waals surface area contributed by atoms with E-state index in [0.29, 0.717) is 0 Å². The molecule has 1 aromatic heterocycles. The minimum atomic E-state index is 0.764. The first-order chi connectivity index (χ1) is 12.2. The minimum absolute atomic E-state index is 0.764. The van der Waals surface area contributed by atoms with E-state index in [4.69, 9.17) is 15.5 Å². The third-order valence-electron chi connectivity index (χ3n) is 4.73. The number of benzene rings is 1. The first-order valence-corrected chi connectivity index (χ1v) is 9.50. The number of morpholine rings is 1. The van der Waals surface area contributed by atoms with Crippen LogP contribution in [0.4, 0.5) is 17.3 Å². The SMILES string of the molecule is CCCCN(CCC)c1nc(N2CCOCC2)cc2cc(N)ccc12. The normalized spacial score (nSPS) is 14.9. The summed E-state index contributed by atoms with van der Waals surface area (Å²) in [5.74, 6) is 2.13. The van der Waals surface area contributed by atoms with Gasteiger partial charge in [0.05, 0.1) is 13.2 Å². The van der Waals surface area contributed by atoms with Crippen LogP contribution in [0.25, 0.3) is 10.8 Å². The van der Waals surface area contributed by atoms with E-state index in [1.807, 2.05) is 6.07 Å². The van der Waals surface area contributed by atoms with Crippen molar-refractivity contribution in [2.45, 2.75) is 33.1 Å². The summed E-state index contributed by atoms with van der Waals surface area (Å²) in [5, 5.41) is 2.36. The monoisotopic (exact) mass is 342 g/mol. The Balaban J connectivity index is 2.06. The van der Waals surface area contributed by atoms with E-state index in [2.05, 4.69) is 41.8 Å². The van der Waals surface area contributed by atoms with Gasteiger partial charge in [0.25, 0.3) is 0 Å². The van der Waals surface area contributed by atoms with Gasteiger partial charge < -0.3 is 20.3 Å². The van der Waals surface area contributed by atoms with Crippen molar-refractivity contribution in [3.8, 4) is 0 Å². The fraction of sp³-hybridized carbons (Fsp3) is 0.550. The van der Waals surface area contributed by atoms with E-state index in [0.717, 1.165) is 63.1 Å². The summed E-state index contributed by atoms with van der Waals surface area (Å²) in [6.07, 6.45) is 3.48. The second-order valence-corrected chi connectivity index (χ2v) is 6.72. The van der Waals surface area contributed by atoms with Gasteiger partial charge in [0, 0.05) is 37.3 Å². The topological polar surface area (TPSA) is 54.6 Å². The van der Waals surface area contributed by atoms with Gasteiger partial charge in [-0.3, -0.25) is 0 Å². The number of hydrogen-bond acceptors (Lipinski definition) is 5. The number of fused-ring (bicyclic) bond motifs is 1. The van der Waals surface area contributed by atoms with E-state index in [-0.39, 0.29) is 0 Å². The molecule has 0 unspecified atom stereocenters. The average Bonchev–Trinajstić information content (AvgIpc) is 2.64. The number of ether oxygens (including phenoxy) is 1. The van der Waals surface area contributed by atoms with E-state index < -0.39 is 0 Å². The Morgan fingerprint density at radius 3 is 2.64 bits per heavy atom. The Morgan fingerprint density at radius 2 is 1.92 bits per heavy atom. The molecule has 2 heterocycles. The van der Waals surface area contributed by atoms with Gasteiger partial charge in [-0.25, -0.2) is 4.98 Å². The molecule has 1 aliphatic rings. The van der Waals surface area contributed by atoms with Gasteiger partial charge in [0.15, 0.2) is 0 Å². The molecule has 2 aromatic rings. The number of anilines is 3. The van der Waals surface area contributed by atoms with Gasteiger partial charge in [0.1, 0.15) is 11.6 Å². The molecule has 2 N–H and O–H groups in total. The van der Waals surface area contributed by atoms with Crippen LogP contribution in [0.2, 0.25) is 0 Å². The maximum atomic E-state index is 6.05. The number of rotatable bonds is 7. The molecule has 0 saturated carbocycles. The molecule has 1 aromatic carbocycles. The maximum absolute atomic E-state index is 6.05. The van der Waals surface area contributed by atoms with Crippen LogP contribution in [0.5, 0.6) is 0 Å². The Bertz CT molecular complexity index is 697. The number of unbranched alkanes of at least 4 members (excludes halogenated alkanes) is 1. The molecule has 5 heteroatoms. The Kier molecular flexibility index (Phi) is 5.97. The zero-order valence-electron chi connectivity index (χ0n) is 15.5. The smallest absolute Gasteiger partial charge is 0.138 e. The molecular weight excluding hydrogens is 312 g/mol. The van der Waals surface area contributed by atoms with Crippen LogP contribution in [0.15, 0.2) is 24.3 Å². The molecule has 0 aliphatic carbocycles. The highest BCUT2D eigenvalue weighted by Gasteiger charge is 2.18. The molecule has 0 amide bonds. The summed E-state index contributed by atoms with van der Waals surface area (Å²) in [6.45, 7) is 9.85. The van der Waals surface area contributed by atoms with Crippen molar-refractivity contribution >= 4 is 28.1 Å². The Morgan fingerprint density at radius 1 is 1.12 bits per heavy atom. The molecule has 136 valence electrons. The fourth-order valence-corrected chi connectivity index (χ4v) is 3.38. The summed E-state index contributed by atoms with van der Waals surface area (Å²) < 4.78 is 5.50. The number of hydrogen-bond donors (Lipinski definition) is 1. The van der Waals surface area contributed by atoms with Gasteiger partial charge in [-0.05, 0) is 42.5 Å². The van der Waals surface area contributed by atoms with Crippen molar-refractivity contribution in [2.75, 3.05) is 54.9 Å². The fourth-order valence-electron chi connectivity index (χ4n) is 3.38. The number of nitrogens with zero attached hydrogens (tertiary/aromatic N) is 3. The predicted molar refractivity (Wildman–Crippen MR) is 107 cm³/mol. The number of nitrogens with two attached hydrogens (primary N) is 1. The highest BCUT2D eigenvalue weighted by atomic mass is 16.5. The predicted octanol–water partition coefficient (Wildman–Crippen LogP) is 3.67. The van der Waals surface area contributed by atoms with Crippen molar-refractivity contribution in [1.29, 1.82) is 0 Å². The van der Waals surface area contributed by atoms with Crippen LogP contribution in [-0.4, -0.2) is 44.4 Å². The molecule has 1 aliphatic heterocycles. The molecule has 0 radical (unpaired) electrons. The van der Waals surface area contributed by atoms with E-state index in [1.54, 1.807) is 0 Å². The zero-order chi connectivity index (χ0) is 17.6. The molecule has 1 saturated heterocycles. The van der Waals surface area contributed by atoms with Crippen molar-refractivity contribution in [2.24, 2.45) is 0 Å². The highest BCUT2D eigenvalue weighted by Crippen LogP contribution is 2.31. The van der Waals surface area contributed by atoms with E-state index in [1.165, 1.54) is 23.6 Å². The lowest BCUT2D eigenvalue weighted by Gasteiger charge is -2.30. The largest absolute Gasteiger partial charge is 0.399 e. The number of aromatic nitrogens is 1. The third kappa shape index (κ3) is 4.15. The van der Waals surface area contributed by atoms with Gasteiger partial charge in [-0.1, -0.05) is 20.3 Å². The molecule has 5 nitrogen and oxygen atoms in total. The van der Waals surface area contributed by atoms with Gasteiger partial charge >= 0.3 is 0 Å². The lowest BCUT2D eigenvalue weighted by atomic mass is 10.1. The molecule has 25 heavy (non-hydrogen) atoms. The van der Waals surface area contributed by atoms with Crippen molar-refractivity contribution in [3.63, 3.8) is 0 Å². The van der Waals surface area contributed by atoms with Crippen LogP contribution in [0.1, 0.15) is 33.1 Å².